The highest BCUT2D eigenvalue weighted by Crippen LogP contribution is 2.38. The Morgan fingerprint density at radius 3 is 2.78 bits per heavy atom. The van der Waals surface area contributed by atoms with Crippen molar-refractivity contribution >= 4 is 21.6 Å². The van der Waals surface area contributed by atoms with Crippen LogP contribution in [0.15, 0.2) is 23.1 Å². The smallest absolute Gasteiger partial charge is 0.321 e. The van der Waals surface area contributed by atoms with Crippen molar-refractivity contribution in [3.8, 4) is 0 Å². The number of amides is 2. The number of urea groups is 1. The van der Waals surface area contributed by atoms with E-state index >= 15 is 0 Å². The van der Waals surface area contributed by atoms with Crippen LogP contribution in [0.3, 0.4) is 0 Å². The number of carbonyl (C=O) groups is 1. The summed E-state index contributed by atoms with van der Waals surface area (Å²) in [4.78, 5) is 14.5. The molecule has 1 spiro atoms. The fourth-order valence-electron chi connectivity index (χ4n) is 3.36. The first kappa shape index (κ1) is 16.3. The average Bonchev–Trinajstić information content (AvgIpc) is 3.10. The van der Waals surface area contributed by atoms with Crippen LogP contribution in [0.2, 0.25) is 0 Å². The Balaban J connectivity index is 1.71. The van der Waals surface area contributed by atoms with E-state index in [0.717, 1.165) is 26.1 Å². The monoisotopic (exact) mass is 338 g/mol. The van der Waals surface area contributed by atoms with Gasteiger partial charge in [-0.25, -0.2) is 13.2 Å². The van der Waals surface area contributed by atoms with E-state index in [4.69, 9.17) is 4.74 Å². The minimum Gasteiger partial charge on any atom is -0.381 e. The van der Waals surface area contributed by atoms with Gasteiger partial charge in [0.05, 0.1) is 11.5 Å². The van der Waals surface area contributed by atoms with E-state index < -0.39 is 9.84 Å². The lowest BCUT2D eigenvalue weighted by Gasteiger charge is -2.22. The van der Waals surface area contributed by atoms with Crippen LogP contribution in [0.4, 0.5) is 10.5 Å². The number of hydrogen-bond acceptors (Lipinski definition) is 4. The van der Waals surface area contributed by atoms with Gasteiger partial charge in [-0.05, 0) is 37.5 Å². The third-order valence-electron chi connectivity index (χ3n) is 4.75. The lowest BCUT2D eigenvalue weighted by molar-refractivity contribution is 0.154. The maximum Gasteiger partial charge on any atom is 0.321 e. The molecular weight excluding hydrogens is 316 g/mol. The van der Waals surface area contributed by atoms with Gasteiger partial charge in [0.15, 0.2) is 9.84 Å². The molecule has 1 atom stereocenters. The fourth-order valence-corrected chi connectivity index (χ4v) is 4.35. The number of anilines is 1. The minimum atomic E-state index is -3.31. The van der Waals surface area contributed by atoms with Gasteiger partial charge in [-0.2, -0.15) is 0 Å². The van der Waals surface area contributed by atoms with Gasteiger partial charge in [0, 0.05) is 37.1 Å². The number of rotatable bonds is 2. The average molecular weight is 338 g/mol. The normalized spacial score (nSPS) is 24.3. The molecule has 2 heterocycles. The Morgan fingerprint density at radius 1 is 1.35 bits per heavy atom. The number of sulfone groups is 1. The highest BCUT2D eigenvalue weighted by atomic mass is 32.2. The summed E-state index contributed by atoms with van der Waals surface area (Å²) in [5.41, 5.74) is 1.29. The van der Waals surface area contributed by atoms with Gasteiger partial charge < -0.3 is 15.0 Å². The fraction of sp³-hybridized carbons (Fsp3) is 0.562. The van der Waals surface area contributed by atoms with Gasteiger partial charge in [0.2, 0.25) is 0 Å². The highest BCUT2D eigenvalue weighted by Gasteiger charge is 2.42. The SMILES string of the molecule is Cc1ccc(NC(=O)N2CC[C@@]3(CCOC3)C2)cc1S(C)(=O)=O. The molecule has 6 nitrogen and oxygen atoms in total. The molecule has 7 heteroatoms. The van der Waals surface area contributed by atoms with E-state index in [1.54, 1.807) is 24.0 Å². The Morgan fingerprint density at radius 2 is 2.13 bits per heavy atom. The predicted octanol–water partition coefficient (Wildman–Crippen LogP) is 2.04. The second-order valence-electron chi connectivity index (χ2n) is 6.66. The number of carbonyl (C=O) groups excluding carboxylic acids is 1. The Labute approximate surface area is 136 Å². The number of ether oxygens (including phenoxy) is 1. The van der Waals surface area contributed by atoms with Gasteiger partial charge in [-0.3, -0.25) is 0 Å². The van der Waals surface area contributed by atoms with Crippen molar-refractivity contribution in [2.24, 2.45) is 5.41 Å². The molecule has 1 N–H and O–H groups in total. The third kappa shape index (κ3) is 3.35. The number of benzene rings is 1. The number of nitrogens with zero attached hydrogens (tertiary/aromatic N) is 1. The van der Waals surface area contributed by atoms with Crippen LogP contribution in [0.1, 0.15) is 18.4 Å². The van der Waals surface area contributed by atoms with Gasteiger partial charge in [0.25, 0.3) is 0 Å². The second-order valence-corrected chi connectivity index (χ2v) is 8.64. The number of nitrogens with one attached hydrogen (secondary N) is 1. The quantitative estimate of drug-likeness (QED) is 0.895. The van der Waals surface area contributed by atoms with Gasteiger partial charge in [-0.15, -0.1) is 0 Å². The van der Waals surface area contributed by atoms with E-state index in [1.165, 1.54) is 12.3 Å². The van der Waals surface area contributed by atoms with Crippen LogP contribution in [0.25, 0.3) is 0 Å². The molecule has 0 aliphatic carbocycles. The molecule has 0 bridgehead atoms. The maximum absolute atomic E-state index is 12.4. The lowest BCUT2D eigenvalue weighted by Crippen LogP contribution is -2.35. The topological polar surface area (TPSA) is 75.7 Å². The zero-order valence-corrected chi connectivity index (χ0v) is 14.3. The van der Waals surface area contributed by atoms with Crippen molar-refractivity contribution in [1.29, 1.82) is 0 Å². The van der Waals surface area contributed by atoms with E-state index in [-0.39, 0.29) is 16.3 Å². The molecule has 0 saturated carbocycles. The number of hydrogen-bond donors (Lipinski definition) is 1. The zero-order valence-electron chi connectivity index (χ0n) is 13.5. The first-order valence-corrected chi connectivity index (χ1v) is 9.63. The Hall–Kier alpha value is -1.60. The number of aryl methyl sites for hydroxylation is 1. The van der Waals surface area contributed by atoms with Crippen molar-refractivity contribution in [3.05, 3.63) is 23.8 Å². The Kier molecular flexibility index (Phi) is 4.10. The van der Waals surface area contributed by atoms with E-state index in [1.807, 2.05) is 0 Å². The first-order chi connectivity index (χ1) is 10.8. The van der Waals surface area contributed by atoms with Crippen molar-refractivity contribution < 1.29 is 17.9 Å². The largest absolute Gasteiger partial charge is 0.381 e. The summed E-state index contributed by atoms with van der Waals surface area (Å²) in [5.74, 6) is 0. The molecular formula is C16H22N2O4S. The van der Waals surface area contributed by atoms with Crippen LogP contribution in [-0.4, -0.2) is 51.9 Å². The van der Waals surface area contributed by atoms with Crippen molar-refractivity contribution in [1.82, 2.24) is 4.90 Å². The lowest BCUT2D eigenvalue weighted by atomic mass is 9.87. The van der Waals surface area contributed by atoms with Crippen molar-refractivity contribution in [2.45, 2.75) is 24.7 Å². The molecule has 1 aromatic carbocycles. The van der Waals surface area contributed by atoms with Crippen LogP contribution < -0.4 is 5.32 Å². The summed E-state index contributed by atoms with van der Waals surface area (Å²) in [6.07, 6.45) is 3.13. The summed E-state index contributed by atoms with van der Waals surface area (Å²) in [7, 11) is -3.31. The van der Waals surface area contributed by atoms with Crippen molar-refractivity contribution in [2.75, 3.05) is 37.9 Å². The molecule has 2 saturated heterocycles. The molecule has 0 unspecified atom stereocenters. The molecule has 1 aromatic rings. The van der Waals surface area contributed by atoms with E-state index in [0.29, 0.717) is 24.3 Å². The molecule has 0 radical (unpaired) electrons. The molecule has 2 fully saturated rings. The van der Waals surface area contributed by atoms with E-state index in [9.17, 15) is 13.2 Å². The zero-order chi connectivity index (χ0) is 16.7. The van der Waals surface area contributed by atoms with Crippen LogP contribution in [-0.2, 0) is 14.6 Å². The predicted molar refractivity (Wildman–Crippen MR) is 87.4 cm³/mol. The summed E-state index contributed by atoms with van der Waals surface area (Å²) >= 11 is 0. The third-order valence-corrected chi connectivity index (χ3v) is 5.99. The minimum absolute atomic E-state index is 0.114. The molecule has 2 aliphatic rings. The maximum atomic E-state index is 12.4. The summed E-state index contributed by atoms with van der Waals surface area (Å²) in [6, 6.07) is 4.78. The Bertz CT molecular complexity index is 724. The second kappa shape index (κ2) is 5.79. The van der Waals surface area contributed by atoms with Crippen molar-refractivity contribution in [3.63, 3.8) is 0 Å². The summed E-state index contributed by atoms with van der Waals surface area (Å²) in [5, 5.41) is 2.81. The van der Waals surface area contributed by atoms with Gasteiger partial charge >= 0.3 is 6.03 Å². The first-order valence-electron chi connectivity index (χ1n) is 7.74. The molecule has 2 aliphatic heterocycles. The summed E-state index contributed by atoms with van der Waals surface area (Å²) in [6.45, 7) is 4.64. The highest BCUT2D eigenvalue weighted by molar-refractivity contribution is 7.90. The standard InChI is InChI=1S/C16H22N2O4S/c1-12-3-4-13(9-14(12)23(2,20)21)17-15(19)18-7-5-16(10-18)6-8-22-11-16/h3-4,9H,5-8,10-11H2,1-2H3,(H,17,19)/t16-/m1/s1. The van der Waals surface area contributed by atoms with Gasteiger partial charge in [-0.1, -0.05) is 6.07 Å². The van der Waals surface area contributed by atoms with Crippen LogP contribution >= 0.6 is 0 Å². The number of likely N-dealkylation sites (tertiary alicyclic amines) is 1. The summed E-state index contributed by atoms with van der Waals surface area (Å²) < 4.78 is 29.0. The van der Waals surface area contributed by atoms with E-state index in [2.05, 4.69) is 5.32 Å². The van der Waals surface area contributed by atoms with Gasteiger partial charge in [0.1, 0.15) is 0 Å². The van der Waals surface area contributed by atoms with Crippen LogP contribution in [0.5, 0.6) is 0 Å². The molecule has 126 valence electrons. The molecule has 23 heavy (non-hydrogen) atoms. The van der Waals surface area contributed by atoms with Crippen LogP contribution in [0, 0.1) is 12.3 Å². The molecule has 3 rings (SSSR count). The molecule has 0 aromatic heterocycles. The molecule has 2 amide bonds.